The van der Waals surface area contributed by atoms with Gasteiger partial charge in [0.15, 0.2) is 0 Å². The monoisotopic (exact) mass is 425 g/mol. The van der Waals surface area contributed by atoms with Crippen molar-refractivity contribution in [2.75, 3.05) is 39.9 Å². The highest BCUT2D eigenvalue weighted by Crippen LogP contribution is 2.20. The van der Waals surface area contributed by atoms with Crippen molar-refractivity contribution < 1.29 is 23.9 Å². The van der Waals surface area contributed by atoms with Gasteiger partial charge >= 0.3 is 5.97 Å². The molecule has 8 heteroatoms. The molecule has 2 amide bonds. The van der Waals surface area contributed by atoms with Gasteiger partial charge in [0.05, 0.1) is 30.5 Å². The van der Waals surface area contributed by atoms with E-state index in [9.17, 15) is 14.4 Å². The number of hydrogen-bond donors (Lipinski definition) is 0. The molecular formula is C23H27N3O5. The van der Waals surface area contributed by atoms with Crippen LogP contribution in [0.25, 0.3) is 0 Å². The zero-order chi connectivity index (χ0) is 22.4. The number of aryl methyl sites for hydroxylation is 1. The summed E-state index contributed by atoms with van der Waals surface area (Å²) < 4.78 is 10.3. The predicted molar refractivity (Wildman–Crippen MR) is 114 cm³/mol. The number of benzene rings is 1. The van der Waals surface area contributed by atoms with Crippen molar-refractivity contribution in [1.82, 2.24) is 14.8 Å². The Kier molecular flexibility index (Phi) is 7.23. The Morgan fingerprint density at radius 3 is 2.26 bits per heavy atom. The fourth-order valence-corrected chi connectivity index (χ4v) is 3.58. The third-order valence-electron chi connectivity index (χ3n) is 5.21. The fraction of sp³-hybridized carbons (Fsp3) is 0.391. The number of carbonyl (C=O) groups is 3. The molecule has 0 spiro atoms. The molecule has 1 aromatic carbocycles. The molecule has 0 aliphatic carbocycles. The minimum absolute atomic E-state index is 0.112. The number of rotatable bonds is 5. The van der Waals surface area contributed by atoms with Crippen LogP contribution in [0.1, 0.15) is 50.2 Å². The van der Waals surface area contributed by atoms with Gasteiger partial charge in [0.25, 0.3) is 11.8 Å². The van der Waals surface area contributed by atoms with Gasteiger partial charge < -0.3 is 19.3 Å². The van der Waals surface area contributed by atoms with Gasteiger partial charge in [0.2, 0.25) is 0 Å². The average molecular weight is 425 g/mol. The number of pyridine rings is 1. The van der Waals surface area contributed by atoms with Gasteiger partial charge in [-0.25, -0.2) is 9.78 Å². The number of hydrogen-bond acceptors (Lipinski definition) is 6. The van der Waals surface area contributed by atoms with Gasteiger partial charge in [-0.05, 0) is 44.5 Å². The van der Waals surface area contributed by atoms with Crippen LogP contribution in [0.2, 0.25) is 0 Å². The van der Waals surface area contributed by atoms with Crippen molar-refractivity contribution in [2.24, 2.45) is 0 Å². The van der Waals surface area contributed by atoms with Crippen LogP contribution < -0.4 is 4.74 Å². The highest BCUT2D eigenvalue weighted by Gasteiger charge is 2.26. The molecule has 8 nitrogen and oxygen atoms in total. The van der Waals surface area contributed by atoms with Crippen molar-refractivity contribution in [2.45, 2.75) is 20.3 Å². The smallest absolute Gasteiger partial charge is 0.339 e. The molecule has 31 heavy (non-hydrogen) atoms. The van der Waals surface area contributed by atoms with Gasteiger partial charge in [0.1, 0.15) is 11.4 Å². The van der Waals surface area contributed by atoms with Crippen LogP contribution in [0.15, 0.2) is 36.4 Å². The fourth-order valence-electron chi connectivity index (χ4n) is 3.58. The third-order valence-corrected chi connectivity index (χ3v) is 5.21. The van der Waals surface area contributed by atoms with Gasteiger partial charge in [-0.2, -0.15) is 0 Å². The molecule has 1 fully saturated rings. The number of amides is 2. The van der Waals surface area contributed by atoms with E-state index < -0.39 is 5.97 Å². The summed E-state index contributed by atoms with van der Waals surface area (Å²) in [6.45, 7) is 5.59. The van der Waals surface area contributed by atoms with Gasteiger partial charge in [-0.3, -0.25) is 9.59 Å². The molecule has 1 aliphatic heterocycles. The molecule has 164 valence electrons. The summed E-state index contributed by atoms with van der Waals surface area (Å²) in [6.07, 6.45) is 0.659. The number of esters is 1. The van der Waals surface area contributed by atoms with Crippen LogP contribution in [-0.2, 0) is 4.74 Å². The first-order valence-electron chi connectivity index (χ1n) is 10.3. The summed E-state index contributed by atoms with van der Waals surface area (Å²) in [4.78, 5) is 45.7. The molecule has 1 aliphatic rings. The maximum Gasteiger partial charge on any atom is 0.339 e. The maximum atomic E-state index is 13.0. The van der Waals surface area contributed by atoms with Crippen molar-refractivity contribution in [3.05, 3.63) is 58.9 Å². The first-order valence-corrected chi connectivity index (χ1v) is 10.3. The second-order valence-electron chi connectivity index (χ2n) is 7.19. The molecule has 1 saturated heterocycles. The van der Waals surface area contributed by atoms with Crippen LogP contribution in [0.3, 0.4) is 0 Å². The minimum atomic E-state index is -0.452. The first kappa shape index (κ1) is 22.3. The number of aromatic nitrogens is 1. The summed E-state index contributed by atoms with van der Waals surface area (Å²) in [6, 6.07) is 10.2. The van der Waals surface area contributed by atoms with Gasteiger partial charge in [-0.1, -0.05) is 12.1 Å². The zero-order valence-corrected chi connectivity index (χ0v) is 18.1. The largest absolute Gasteiger partial charge is 0.496 e. The molecule has 0 saturated carbocycles. The zero-order valence-electron chi connectivity index (χ0n) is 18.1. The highest BCUT2D eigenvalue weighted by molar-refractivity contribution is 5.97. The average Bonchev–Trinajstić information content (AvgIpc) is 3.04. The van der Waals surface area contributed by atoms with Gasteiger partial charge in [-0.15, -0.1) is 0 Å². The van der Waals surface area contributed by atoms with Crippen molar-refractivity contribution in [1.29, 1.82) is 0 Å². The Labute approximate surface area is 181 Å². The topological polar surface area (TPSA) is 89.0 Å². The van der Waals surface area contributed by atoms with Crippen LogP contribution >= 0.6 is 0 Å². The number of para-hydroxylation sites is 1. The summed E-state index contributed by atoms with van der Waals surface area (Å²) in [5.41, 5.74) is 1.58. The molecule has 0 N–H and O–H groups in total. The molecule has 0 radical (unpaired) electrons. The second-order valence-corrected chi connectivity index (χ2v) is 7.19. The van der Waals surface area contributed by atoms with Crippen LogP contribution in [0.4, 0.5) is 0 Å². The van der Waals surface area contributed by atoms with Crippen molar-refractivity contribution in [3.63, 3.8) is 0 Å². The summed E-state index contributed by atoms with van der Waals surface area (Å²) in [5.74, 6) is -0.248. The normalized spacial score (nSPS) is 14.0. The van der Waals surface area contributed by atoms with E-state index >= 15 is 0 Å². The second kappa shape index (κ2) is 10.1. The highest BCUT2D eigenvalue weighted by atomic mass is 16.5. The van der Waals surface area contributed by atoms with E-state index in [1.165, 1.54) is 7.11 Å². The summed E-state index contributed by atoms with van der Waals surface area (Å²) in [7, 11) is 1.54. The lowest BCUT2D eigenvalue weighted by Gasteiger charge is -2.23. The molecule has 2 heterocycles. The van der Waals surface area contributed by atoms with E-state index in [0.29, 0.717) is 55.2 Å². The summed E-state index contributed by atoms with van der Waals surface area (Å²) >= 11 is 0. The Morgan fingerprint density at radius 2 is 1.61 bits per heavy atom. The molecule has 0 bridgehead atoms. The standard InChI is InChI=1S/C23H27N3O5/c1-4-31-23(29)17-10-11-19(24-16(17)2)22(28)26-13-7-12-25(14-15-26)21(27)18-8-5-6-9-20(18)30-3/h5-6,8-11H,4,7,12-15H2,1-3H3. The SMILES string of the molecule is CCOC(=O)c1ccc(C(=O)N2CCCN(C(=O)c3ccccc3OC)CC2)nc1C. The Balaban J connectivity index is 1.69. The Morgan fingerprint density at radius 1 is 0.935 bits per heavy atom. The van der Waals surface area contributed by atoms with Crippen molar-refractivity contribution >= 4 is 17.8 Å². The van der Waals surface area contributed by atoms with E-state index in [0.717, 1.165) is 0 Å². The van der Waals surface area contributed by atoms with Crippen LogP contribution in [0.5, 0.6) is 5.75 Å². The Bertz CT molecular complexity index is 975. The first-order chi connectivity index (χ1) is 15.0. The molecule has 2 aromatic rings. The van der Waals surface area contributed by atoms with Crippen molar-refractivity contribution in [3.8, 4) is 5.75 Å². The van der Waals surface area contributed by atoms with Crippen LogP contribution in [-0.4, -0.2) is 72.5 Å². The number of ether oxygens (including phenoxy) is 2. The Hall–Kier alpha value is -3.42. The van der Waals surface area contributed by atoms with E-state index in [1.807, 2.05) is 6.07 Å². The summed E-state index contributed by atoms with van der Waals surface area (Å²) in [5, 5.41) is 0. The molecule has 1 aromatic heterocycles. The maximum absolute atomic E-state index is 13.0. The predicted octanol–water partition coefficient (Wildman–Crippen LogP) is 2.56. The lowest BCUT2D eigenvalue weighted by molar-refractivity contribution is 0.0524. The molecule has 3 rings (SSSR count). The quantitative estimate of drug-likeness (QED) is 0.684. The van der Waals surface area contributed by atoms with Crippen LogP contribution in [0, 0.1) is 6.92 Å². The molecular weight excluding hydrogens is 398 g/mol. The minimum Gasteiger partial charge on any atom is -0.496 e. The third kappa shape index (κ3) is 5.02. The lowest BCUT2D eigenvalue weighted by Crippen LogP contribution is -2.37. The molecule has 0 unspecified atom stereocenters. The molecule has 0 atom stereocenters. The lowest BCUT2D eigenvalue weighted by atomic mass is 10.1. The van der Waals surface area contributed by atoms with E-state index in [2.05, 4.69) is 4.98 Å². The number of nitrogens with zero attached hydrogens (tertiary/aromatic N) is 3. The van der Waals surface area contributed by atoms with E-state index in [-0.39, 0.29) is 24.1 Å². The van der Waals surface area contributed by atoms with E-state index in [1.54, 1.807) is 54.0 Å². The number of methoxy groups -OCH3 is 1. The van der Waals surface area contributed by atoms with Gasteiger partial charge in [0, 0.05) is 26.2 Å². The van der Waals surface area contributed by atoms with E-state index in [4.69, 9.17) is 9.47 Å². The number of carbonyl (C=O) groups excluding carboxylic acids is 3.